The van der Waals surface area contributed by atoms with E-state index >= 15 is 0 Å². The largest absolute Gasteiger partial charge is 0.349 e. The Hall–Kier alpha value is -0.350. The third kappa shape index (κ3) is 3.95. The molecule has 0 radical (unpaired) electrons. The lowest BCUT2D eigenvalue weighted by Crippen LogP contribution is -2.31. The number of benzene rings is 1. The van der Waals surface area contributed by atoms with Crippen molar-refractivity contribution in [3.63, 3.8) is 0 Å². The first-order valence-electron chi connectivity index (χ1n) is 4.70. The molecular weight excluding hydrogens is 322 g/mol. The summed E-state index contributed by atoms with van der Waals surface area (Å²) >= 11 is 6.61. The van der Waals surface area contributed by atoms with Crippen LogP contribution in [-0.2, 0) is 4.79 Å². The van der Waals surface area contributed by atoms with E-state index in [0.717, 1.165) is 10.0 Å². The smallest absolute Gasteiger partial charge is 0.233 e. The van der Waals surface area contributed by atoms with Crippen LogP contribution in [-0.4, -0.2) is 10.7 Å². The molecule has 0 aliphatic heterocycles. The second kappa shape index (κ2) is 5.66. The van der Waals surface area contributed by atoms with E-state index in [-0.39, 0.29) is 16.8 Å². The maximum Gasteiger partial charge on any atom is 0.233 e. The second-order valence-corrected chi connectivity index (χ2v) is 5.69. The first kappa shape index (κ1) is 12.7. The quantitative estimate of drug-likeness (QED) is 0.843. The molecule has 15 heavy (non-hydrogen) atoms. The van der Waals surface area contributed by atoms with Crippen LogP contribution in [0.1, 0.15) is 25.5 Å². The van der Waals surface area contributed by atoms with Gasteiger partial charge < -0.3 is 5.32 Å². The van der Waals surface area contributed by atoms with Gasteiger partial charge in [-0.1, -0.05) is 44.0 Å². The Bertz CT molecular complexity index is 335. The van der Waals surface area contributed by atoms with Crippen molar-refractivity contribution < 1.29 is 4.79 Å². The van der Waals surface area contributed by atoms with Crippen molar-refractivity contribution in [2.24, 2.45) is 0 Å². The molecule has 0 fully saturated rings. The molecule has 0 heterocycles. The lowest BCUT2D eigenvalue weighted by Gasteiger charge is -2.15. The van der Waals surface area contributed by atoms with Crippen molar-refractivity contribution in [1.29, 1.82) is 0 Å². The fraction of sp³-hybridized carbons (Fsp3) is 0.364. The molecule has 0 saturated heterocycles. The fourth-order valence-electron chi connectivity index (χ4n) is 1.16. The van der Waals surface area contributed by atoms with Crippen LogP contribution in [0.3, 0.4) is 0 Å². The summed E-state index contributed by atoms with van der Waals surface area (Å²) in [5, 5.41) is 2.91. The molecule has 2 nitrogen and oxygen atoms in total. The van der Waals surface area contributed by atoms with E-state index in [9.17, 15) is 4.79 Å². The summed E-state index contributed by atoms with van der Waals surface area (Å²) in [6.07, 6.45) is 0. The van der Waals surface area contributed by atoms with Gasteiger partial charge in [0.2, 0.25) is 5.91 Å². The second-order valence-electron chi connectivity index (χ2n) is 3.40. The maximum atomic E-state index is 11.4. The number of amides is 1. The number of nitrogens with one attached hydrogen (secondary N) is 1. The summed E-state index contributed by atoms with van der Waals surface area (Å²) in [5.74, 6) is 0.00502. The molecule has 4 heteroatoms. The number of alkyl halides is 1. The molecule has 0 spiro atoms. The molecule has 1 N–H and O–H groups in total. The summed E-state index contributed by atoms with van der Waals surface area (Å²) < 4.78 is 1.04. The molecule has 0 aliphatic carbocycles. The number of hydrogen-bond donors (Lipinski definition) is 1. The van der Waals surface area contributed by atoms with Crippen LogP contribution in [0.2, 0.25) is 0 Å². The third-order valence-corrected chi connectivity index (χ3v) is 3.03. The van der Waals surface area contributed by atoms with Crippen molar-refractivity contribution >= 4 is 37.8 Å². The minimum absolute atomic E-state index is 0.00502. The van der Waals surface area contributed by atoms with E-state index in [1.165, 1.54) is 0 Å². The van der Waals surface area contributed by atoms with E-state index < -0.39 is 0 Å². The van der Waals surface area contributed by atoms with Crippen LogP contribution in [0.4, 0.5) is 0 Å². The first-order chi connectivity index (χ1) is 7.00. The van der Waals surface area contributed by atoms with Gasteiger partial charge >= 0.3 is 0 Å². The van der Waals surface area contributed by atoms with Gasteiger partial charge in [-0.15, -0.1) is 0 Å². The van der Waals surface area contributed by atoms with Crippen molar-refractivity contribution in [2.45, 2.75) is 24.7 Å². The van der Waals surface area contributed by atoms with Gasteiger partial charge in [0.15, 0.2) is 0 Å². The average Bonchev–Trinajstić information content (AvgIpc) is 2.18. The molecule has 82 valence electrons. The first-order valence-corrected chi connectivity index (χ1v) is 6.41. The van der Waals surface area contributed by atoms with E-state index in [2.05, 4.69) is 37.2 Å². The van der Waals surface area contributed by atoms with Gasteiger partial charge in [0.1, 0.15) is 0 Å². The Morgan fingerprint density at radius 3 is 2.27 bits per heavy atom. The number of halogens is 2. The van der Waals surface area contributed by atoms with Gasteiger partial charge in [-0.3, -0.25) is 4.79 Å². The molecule has 1 unspecified atom stereocenters. The van der Waals surface area contributed by atoms with Gasteiger partial charge in [-0.2, -0.15) is 0 Å². The highest BCUT2D eigenvalue weighted by molar-refractivity contribution is 9.10. The summed E-state index contributed by atoms with van der Waals surface area (Å²) in [7, 11) is 0. The standard InChI is InChI=1S/C11H13Br2NO/c1-7(12)11(15)14-8(2)9-3-5-10(13)6-4-9/h3-8H,1-2H3,(H,14,15)/t7?,8-/m0/s1. The minimum atomic E-state index is -0.157. The van der Waals surface area contributed by atoms with Crippen LogP contribution >= 0.6 is 31.9 Å². The zero-order valence-corrected chi connectivity index (χ0v) is 11.8. The molecule has 2 atom stereocenters. The molecule has 1 aromatic rings. The maximum absolute atomic E-state index is 11.4. The Morgan fingerprint density at radius 1 is 1.27 bits per heavy atom. The van der Waals surface area contributed by atoms with E-state index in [1.54, 1.807) is 0 Å². The van der Waals surface area contributed by atoms with E-state index in [0.29, 0.717) is 0 Å². The number of hydrogen-bond acceptors (Lipinski definition) is 1. The van der Waals surface area contributed by atoms with Gasteiger partial charge in [0.25, 0.3) is 0 Å². The van der Waals surface area contributed by atoms with Gasteiger partial charge in [-0.05, 0) is 31.5 Å². The zero-order valence-electron chi connectivity index (χ0n) is 8.63. The number of carbonyl (C=O) groups is 1. The van der Waals surface area contributed by atoms with Crippen molar-refractivity contribution in [1.82, 2.24) is 5.32 Å². The van der Waals surface area contributed by atoms with E-state index in [1.807, 2.05) is 38.1 Å². The Morgan fingerprint density at radius 2 is 1.80 bits per heavy atom. The Kier molecular flexibility index (Phi) is 4.80. The molecule has 1 amide bonds. The minimum Gasteiger partial charge on any atom is -0.349 e. The molecule has 0 bridgehead atoms. The van der Waals surface area contributed by atoms with Crippen LogP contribution in [0.25, 0.3) is 0 Å². The van der Waals surface area contributed by atoms with Crippen molar-refractivity contribution in [3.05, 3.63) is 34.3 Å². The monoisotopic (exact) mass is 333 g/mol. The van der Waals surface area contributed by atoms with Gasteiger partial charge in [-0.25, -0.2) is 0 Å². The van der Waals surface area contributed by atoms with E-state index in [4.69, 9.17) is 0 Å². The predicted molar refractivity (Wildman–Crippen MR) is 69.1 cm³/mol. The fourth-order valence-corrected chi connectivity index (χ4v) is 1.56. The SMILES string of the molecule is CC(Br)C(=O)N[C@@H](C)c1ccc(Br)cc1. The number of rotatable bonds is 3. The highest BCUT2D eigenvalue weighted by Gasteiger charge is 2.12. The summed E-state index contributed by atoms with van der Waals surface area (Å²) in [4.78, 5) is 11.3. The summed E-state index contributed by atoms with van der Waals surface area (Å²) in [5.41, 5.74) is 1.10. The normalized spacial score (nSPS) is 14.4. The molecule has 0 saturated carbocycles. The highest BCUT2D eigenvalue weighted by atomic mass is 79.9. The zero-order chi connectivity index (χ0) is 11.4. The number of carbonyl (C=O) groups excluding carboxylic acids is 1. The molecular formula is C11H13Br2NO. The topological polar surface area (TPSA) is 29.1 Å². The Labute approximate surface area is 107 Å². The van der Waals surface area contributed by atoms with Crippen LogP contribution in [0.5, 0.6) is 0 Å². The van der Waals surface area contributed by atoms with Gasteiger partial charge in [0, 0.05) is 4.47 Å². The average molecular weight is 335 g/mol. The summed E-state index contributed by atoms with van der Waals surface area (Å²) in [6.45, 7) is 3.78. The van der Waals surface area contributed by atoms with Crippen LogP contribution in [0.15, 0.2) is 28.7 Å². The van der Waals surface area contributed by atoms with Crippen molar-refractivity contribution in [2.75, 3.05) is 0 Å². The van der Waals surface area contributed by atoms with Crippen LogP contribution < -0.4 is 5.32 Å². The van der Waals surface area contributed by atoms with Crippen molar-refractivity contribution in [3.8, 4) is 0 Å². The molecule has 1 rings (SSSR count). The predicted octanol–water partition coefficient (Wildman–Crippen LogP) is 3.41. The molecule has 0 aliphatic rings. The summed E-state index contributed by atoms with van der Waals surface area (Å²) in [6, 6.07) is 7.96. The van der Waals surface area contributed by atoms with Gasteiger partial charge in [0.05, 0.1) is 10.9 Å². The Balaban J connectivity index is 2.65. The highest BCUT2D eigenvalue weighted by Crippen LogP contribution is 2.16. The van der Waals surface area contributed by atoms with Crippen LogP contribution in [0, 0.1) is 0 Å². The molecule has 1 aromatic carbocycles. The molecule has 0 aromatic heterocycles. The lowest BCUT2D eigenvalue weighted by atomic mass is 10.1. The third-order valence-electron chi connectivity index (χ3n) is 2.09. The lowest BCUT2D eigenvalue weighted by molar-refractivity contribution is -0.120.